The van der Waals surface area contributed by atoms with Gasteiger partial charge in [0.05, 0.1) is 6.04 Å². The highest BCUT2D eigenvalue weighted by molar-refractivity contribution is 7.10. The summed E-state index contributed by atoms with van der Waals surface area (Å²) in [4.78, 5) is 1.48. The van der Waals surface area contributed by atoms with Crippen LogP contribution in [0.5, 0.6) is 0 Å². The fourth-order valence-corrected chi connectivity index (χ4v) is 3.76. The molecule has 0 bridgehead atoms. The summed E-state index contributed by atoms with van der Waals surface area (Å²) in [6.45, 7) is 9.90. The molecule has 0 radical (unpaired) electrons. The third kappa shape index (κ3) is 3.31. The van der Waals surface area contributed by atoms with E-state index in [0.717, 1.165) is 19.4 Å². The maximum Gasteiger partial charge on any atom is 0.0676 e. The van der Waals surface area contributed by atoms with Crippen molar-refractivity contribution in [2.75, 3.05) is 6.54 Å². The smallest absolute Gasteiger partial charge is 0.0676 e. The molecule has 0 aliphatic carbocycles. The zero-order chi connectivity index (χ0) is 14.5. The van der Waals surface area contributed by atoms with E-state index in [1.807, 2.05) is 11.3 Å². The van der Waals surface area contributed by atoms with Crippen LogP contribution in [0.25, 0.3) is 0 Å². The van der Waals surface area contributed by atoms with E-state index in [1.165, 1.54) is 27.1 Å². The van der Waals surface area contributed by atoms with Crippen molar-refractivity contribution in [2.45, 2.75) is 46.6 Å². The molecule has 20 heavy (non-hydrogen) atoms. The summed E-state index contributed by atoms with van der Waals surface area (Å²) in [6, 6.07) is 9.41. The van der Waals surface area contributed by atoms with Crippen LogP contribution in [0.2, 0.25) is 0 Å². The van der Waals surface area contributed by atoms with Gasteiger partial charge in [0.15, 0.2) is 0 Å². The van der Waals surface area contributed by atoms with Crippen LogP contribution < -0.4 is 5.32 Å². The standard InChI is InChI=1S/C18H25NS/c1-5-10-19-17(18-15(6-2)9-11-20-18)16-8-7-13(3)12-14(16)4/h7-9,11-12,17,19H,5-6,10H2,1-4H3. The van der Waals surface area contributed by atoms with Gasteiger partial charge in [0.25, 0.3) is 0 Å². The summed E-state index contributed by atoms with van der Waals surface area (Å²) in [6.07, 6.45) is 2.27. The van der Waals surface area contributed by atoms with E-state index >= 15 is 0 Å². The fourth-order valence-electron chi connectivity index (χ4n) is 2.67. The molecule has 1 aromatic heterocycles. The molecule has 0 saturated carbocycles. The molecular weight excluding hydrogens is 262 g/mol. The minimum absolute atomic E-state index is 0.338. The Balaban J connectivity index is 2.41. The minimum atomic E-state index is 0.338. The lowest BCUT2D eigenvalue weighted by molar-refractivity contribution is 0.600. The summed E-state index contributed by atoms with van der Waals surface area (Å²) in [5.74, 6) is 0. The number of thiophene rings is 1. The first-order valence-electron chi connectivity index (χ1n) is 7.54. The summed E-state index contributed by atoms with van der Waals surface area (Å²) in [7, 11) is 0. The van der Waals surface area contributed by atoms with Gasteiger partial charge in [-0.1, -0.05) is 37.6 Å². The molecule has 108 valence electrons. The van der Waals surface area contributed by atoms with Gasteiger partial charge in [0.2, 0.25) is 0 Å². The Morgan fingerprint density at radius 1 is 1.15 bits per heavy atom. The molecule has 0 aliphatic heterocycles. The second-order valence-electron chi connectivity index (χ2n) is 5.41. The van der Waals surface area contributed by atoms with Crippen LogP contribution in [0.4, 0.5) is 0 Å². The number of hydrogen-bond donors (Lipinski definition) is 1. The van der Waals surface area contributed by atoms with Crippen molar-refractivity contribution in [1.29, 1.82) is 0 Å². The van der Waals surface area contributed by atoms with E-state index in [1.54, 1.807) is 0 Å². The number of nitrogens with one attached hydrogen (secondary N) is 1. The molecule has 1 heterocycles. The van der Waals surface area contributed by atoms with Crippen molar-refractivity contribution in [3.05, 3.63) is 56.8 Å². The van der Waals surface area contributed by atoms with Gasteiger partial charge < -0.3 is 5.32 Å². The topological polar surface area (TPSA) is 12.0 Å². The molecular formula is C18H25NS. The van der Waals surface area contributed by atoms with Crippen molar-refractivity contribution in [3.63, 3.8) is 0 Å². The molecule has 1 aromatic carbocycles. The summed E-state index contributed by atoms with van der Waals surface area (Å²) >= 11 is 1.88. The second-order valence-corrected chi connectivity index (χ2v) is 6.36. The quantitative estimate of drug-likeness (QED) is 0.787. The largest absolute Gasteiger partial charge is 0.306 e. The monoisotopic (exact) mass is 287 g/mol. The van der Waals surface area contributed by atoms with Crippen LogP contribution in [-0.4, -0.2) is 6.54 Å². The number of aryl methyl sites for hydroxylation is 3. The van der Waals surface area contributed by atoms with Gasteiger partial charge >= 0.3 is 0 Å². The molecule has 1 N–H and O–H groups in total. The van der Waals surface area contributed by atoms with Crippen LogP contribution in [0.3, 0.4) is 0 Å². The third-order valence-electron chi connectivity index (χ3n) is 3.76. The predicted molar refractivity (Wildman–Crippen MR) is 89.7 cm³/mol. The molecule has 0 aliphatic rings. The zero-order valence-corrected chi connectivity index (χ0v) is 13.8. The second kappa shape index (κ2) is 7.05. The molecule has 1 nitrogen and oxygen atoms in total. The van der Waals surface area contributed by atoms with E-state index in [9.17, 15) is 0 Å². The van der Waals surface area contributed by atoms with E-state index in [4.69, 9.17) is 0 Å². The van der Waals surface area contributed by atoms with Crippen LogP contribution in [0.15, 0.2) is 29.6 Å². The lowest BCUT2D eigenvalue weighted by atomic mass is 9.96. The molecule has 1 unspecified atom stereocenters. The molecule has 2 aromatic rings. The molecule has 2 rings (SSSR count). The van der Waals surface area contributed by atoms with Crippen molar-refractivity contribution >= 4 is 11.3 Å². The Hall–Kier alpha value is -1.12. The Morgan fingerprint density at radius 3 is 2.60 bits per heavy atom. The third-order valence-corrected chi connectivity index (χ3v) is 4.78. The highest BCUT2D eigenvalue weighted by atomic mass is 32.1. The summed E-state index contributed by atoms with van der Waals surface area (Å²) in [5, 5.41) is 5.95. The fraction of sp³-hybridized carbons (Fsp3) is 0.444. The maximum atomic E-state index is 3.73. The number of benzene rings is 1. The molecule has 1 atom stereocenters. The van der Waals surface area contributed by atoms with Crippen LogP contribution >= 0.6 is 11.3 Å². The Bertz CT molecular complexity index is 556. The van der Waals surface area contributed by atoms with Crippen LogP contribution in [-0.2, 0) is 6.42 Å². The van der Waals surface area contributed by atoms with Crippen molar-refractivity contribution in [1.82, 2.24) is 5.32 Å². The molecule has 2 heteroatoms. The van der Waals surface area contributed by atoms with E-state index < -0.39 is 0 Å². The SMILES string of the molecule is CCCNC(c1ccc(C)cc1C)c1sccc1CC. The Morgan fingerprint density at radius 2 is 1.95 bits per heavy atom. The summed E-state index contributed by atoms with van der Waals surface area (Å²) in [5.41, 5.74) is 5.61. The van der Waals surface area contributed by atoms with Gasteiger partial charge in [-0.3, -0.25) is 0 Å². The van der Waals surface area contributed by atoms with Crippen LogP contribution in [0.1, 0.15) is 53.4 Å². The molecule has 0 fully saturated rings. The van der Waals surface area contributed by atoms with Gasteiger partial charge in [0, 0.05) is 4.88 Å². The maximum absolute atomic E-state index is 3.73. The number of rotatable bonds is 6. The van der Waals surface area contributed by atoms with Gasteiger partial charge in [-0.25, -0.2) is 0 Å². The summed E-state index contributed by atoms with van der Waals surface area (Å²) < 4.78 is 0. The van der Waals surface area contributed by atoms with E-state index in [0.29, 0.717) is 6.04 Å². The van der Waals surface area contributed by atoms with E-state index in [-0.39, 0.29) is 0 Å². The van der Waals surface area contributed by atoms with E-state index in [2.05, 4.69) is 62.7 Å². The van der Waals surface area contributed by atoms with Crippen molar-refractivity contribution < 1.29 is 0 Å². The molecule has 0 saturated heterocycles. The Labute approximate surface area is 127 Å². The minimum Gasteiger partial charge on any atom is -0.306 e. The van der Waals surface area contributed by atoms with Crippen molar-refractivity contribution in [3.8, 4) is 0 Å². The average molecular weight is 287 g/mol. The highest BCUT2D eigenvalue weighted by Crippen LogP contribution is 2.32. The predicted octanol–water partition coefficient (Wildman–Crippen LogP) is 5.02. The molecule has 0 amide bonds. The lowest BCUT2D eigenvalue weighted by Crippen LogP contribution is -2.24. The van der Waals surface area contributed by atoms with Gasteiger partial charge in [-0.2, -0.15) is 0 Å². The lowest BCUT2D eigenvalue weighted by Gasteiger charge is -2.21. The van der Waals surface area contributed by atoms with Crippen LogP contribution in [0, 0.1) is 13.8 Å². The first-order chi connectivity index (χ1) is 9.67. The molecule has 0 spiro atoms. The van der Waals surface area contributed by atoms with Gasteiger partial charge in [-0.05, 0) is 61.4 Å². The van der Waals surface area contributed by atoms with Gasteiger partial charge in [0.1, 0.15) is 0 Å². The first-order valence-corrected chi connectivity index (χ1v) is 8.42. The first kappa shape index (κ1) is 15.3. The number of hydrogen-bond acceptors (Lipinski definition) is 2. The normalized spacial score (nSPS) is 12.6. The Kier molecular flexibility index (Phi) is 5.38. The highest BCUT2D eigenvalue weighted by Gasteiger charge is 2.19. The van der Waals surface area contributed by atoms with Crippen molar-refractivity contribution in [2.24, 2.45) is 0 Å². The average Bonchev–Trinajstić information content (AvgIpc) is 2.89. The zero-order valence-electron chi connectivity index (χ0n) is 13.0. The van der Waals surface area contributed by atoms with Gasteiger partial charge in [-0.15, -0.1) is 11.3 Å².